The third-order valence-electron chi connectivity index (χ3n) is 3.48. The zero-order valence-electron chi connectivity index (χ0n) is 13.1. The van der Waals surface area contributed by atoms with Crippen LogP contribution in [0.25, 0.3) is 0 Å². The van der Waals surface area contributed by atoms with E-state index in [9.17, 15) is 4.79 Å². The molecule has 2 aromatic rings. The number of likely N-dealkylation sites (N-methyl/N-ethyl adjacent to an activating group) is 1. The molecule has 22 heavy (non-hydrogen) atoms. The van der Waals surface area contributed by atoms with Gasteiger partial charge in [0, 0.05) is 18.8 Å². The average Bonchev–Trinajstić information content (AvgIpc) is 2.88. The molecule has 0 spiro atoms. The Balaban J connectivity index is 2.21. The summed E-state index contributed by atoms with van der Waals surface area (Å²) in [4.78, 5) is 24.0. The van der Waals surface area contributed by atoms with Gasteiger partial charge in [-0.05, 0) is 33.2 Å². The van der Waals surface area contributed by atoms with E-state index in [0.29, 0.717) is 23.7 Å². The number of amides is 1. The van der Waals surface area contributed by atoms with Crippen molar-refractivity contribution in [2.45, 2.75) is 13.5 Å². The van der Waals surface area contributed by atoms with E-state index in [0.717, 1.165) is 17.9 Å². The molecule has 1 aromatic carbocycles. The molecule has 0 aliphatic carbocycles. The van der Waals surface area contributed by atoms with Crippen LogP contribution in [0.2, 0.25) is 5.02 Å². The molecule has 0 radical (unpaired) electrons. The van der Waals surface area contributed by atoms with E-state index in [4.69, 9.17) is 11.6 Å². The zero-order chi connectivity index (χ0) is 16.1. The van der Waals surface area contributed by atoms with E-state index in [1.165, 1.54) is 0 Å². The highest BCUT2D eigenvalue weighted by atomic mass is 35.5. The van der Waals surface area contributed by atoms with Crippen molar-refractivity contribution < 1.29 is 4.79 Å². The highest BCUT2D eigenvalue weighted by Gasteiger charge is 2.20. The lowest BCUT2D eigenvalue weighted by molar-refractivity contribution is 0.0730. The first-order valence-electron chi connectivity index (χ1n) is 7.16. The van der Waals surface area contributed by atoms with Gasteiger partial charge in [-0.25, -0.2) is 4.98 Å². The van der Waals surface area contributed by atoms with E-state index in [1.54, 1.807) is 23.4 Å². The van der Waals surface area contributed by atoms with E-state index in [2.05, 4.69) is 9.97 Å². The molecule has 0 aliphatic heterocycles. The van der Waals surface area contributed by atoms with Gasteiger partial charge in [0.2, 0.25) is 0 Å². The molecule has 2 rings (SSSR count). The molecular weight excluding hydrogens is 300 g/mol. The maximum atomic E-state index is 12.8. The van der Waals surface area contributed by atoms with Crippen LogP contribution in [-0.4, -0.2) is 52.9 Å². The second-order valence-electron chi connectivity index (χ2n) is 5.48. The second-order valence-corrected chi connectivity index (χ2v) is 5.89. The number of nitrogens with zero attached hydrogens (tertiary/aromatic N) is 3. The predicted octanol–water partition coefficient (Wildman–Crippen LogP) is 2.58. The van der Waals surface area contributed by atoms with Gasteiger partial charge < -0.3 is 14.8 Å². The van der Waals surface area contributed by atoms with Gasteiger partial charge >= 0.3 is 0 Å². The van der Waals surface area contributed by atoms with Gasteiger partial charge in [0.1, 0.15) is 0 Å². The molecule has 1 amide bonds. The quantitative estimate of drug-likeness (QED) is 0.890. The van der Waals surface area contributed by atoms with E-state index in [-0.39, 0.29) is 5.91 Å². The van der Waals surface area contributed by atoms with Crippen molar-refractivity contribution in [1.82, 2.24) is 19.8 Å². The Morgan fingerprint density at radius 3 is 2.59 bits per heavy atom. The highest BCUT2D eigenvalue weighted by Crippen LogP contribution is 2.18. The van der Waals surface area contributed by atoms with Crippen molar-refractivity contribution >= 4 is 17.5 Å². The molecule has 0 atom stereocenters. The summed E-state index contributed by atoms with van der Waals surface area (Å²) >= 11 is 6.16. The molecule has 0 bridgehead atoms. The van der Waals surface area contributed by atoms with Crippen molar-refractivity contribution in [3.63, 3.8) is 0 Å². The molecule has 0 unspecified atom stereocenters. The molecule has 1 N–H and O–H groups in total. The van der Waals surface area contributed by atoms with Crippen LogP contribution < -0.4 is 0 Å². The van der Waals surface area contributed by atoms with Crippen LogP contribution in [0.3, 0.4) is 0 Å². The first-order chi connectivity index (χ1) is 10.5. The lowest BCUT2D eigenvalue weighted by atomic mass is 10.2. The summed E-state index contributed by atoms with van der Waals surface area (Å²) in [6, 6.07) is 7.13. The number of carbonyl (C=O) groups excluding carboxylic acids is 1. The minimum absolute atomic E-state index is 0.0742. The largest absolute Gasteiger partial charge is 0.348 e. The number of halogens is 1. The van der Waals surface area contributed by atoms with Gasteiger partial charge in [0.25, 0.3) is 5.91 Å². The Bertz CT molecular complexity index is 639. The number of benzene rings is 1. The predicted molar refractivity (Wildman–Crippen MR) is 88.1 cm³/mol. The Labute approximate surface area is 135 Å². The number of carbonyl (C=O) groups is 1. The van der Waals surface area contributed by atoms with Gasteiger partial charge in [0.15, 0.2) is 0 Å². The van der Waals surface area contributed by atoms with Crippen LogP contribution in [0, 0.1) is 6.92 Å². The lowest BCUT2D eigenvalue weighted by Gasteiger charge is -2.24. The molecule has 0 aliphatic rings. The summed E-state index contributed by atoms with van der Waals surface area (Å²) in [7, 11) is 3.97. The van der Waals surface area contributed by atoms with Crippen LogP contribution in [0.15, 0.2) is 30.6 Å². The van der Waals surface area contributed by atoms with Crippen LogP contribution in [0.4, 0.5) is 0 Å². The average molecular weight is 321 g/mol. The van der Waals surface area contributed by atoms with Crippen molar-refractivity contribution in [1.29, 1.82) is 0 Å². The van der Waals surface area contributed by atoms with Gasteiger partial charge in [-0.3, -0.25) is 4.79 Å². The molecular formula is C16H21ClN4O. The summed E-state index contributed by atoms with van der Waals surface area (Å²) in [5.74, 6) is -0.0742. The summed E-state index contributed by atoms with van der Waals surface area (Å²) in [5, 5.41) is 0.473. The van der Waals surface area contributed by atoms with Crippen molar-refractivity contribution in [2.24, 2.45) is 0 Å². The fraction of sp³-hybridized carbons (Fsp3) is 0.375. The standard InChI is InChI=1S/C16H21ClN4O/c1-12-15(19-11-18-12)10-21(9-8-20(2)3)16(22)13-6-4-5-7-14(13)17/h4-7,11H,8-10H2,1-3H3,(H,18,19). The van der Waals surface area contributed by atoms with E-state index < -0.39 is 0 Å². The second kappa shape index (κ2) is 7.42. The topological polar surface area (TPSA) is 52.2 Å². The van der Waals surface area contributed by atoms with E-state index in [1.807, 2.05) is 38.1 Å². The Hall–Kier alpha value is -1.85. The monoisotopic (exact) mass is 320 g/mol. The maximum absolute atomic E-state index is 12.8. The van der Waals surface area contributed by atoms with Gasteiger partial charge in [0.05, 0.1) is 29.2 Å². The van der Waals surface area contributed by atoms with Crippen molar-refractivity contribution in [2.75, 3.05) is 27.2 Å². The number of aryl methyl sites for hydroxylation is 1. The molecule has 0 fully saturated rings. The summed E-state index contributed by atoms with van der Waals surface area (Å²) in [6.07, 6.45) is 1.65. The summed E-state index contributed by atoms with van der Waals surface area (Å²) in [5.41, 5.74) is 2.37. The highest BCUT2D eigenvalue weighted by molar-refractivity contribution is 6.33. The molecule has 0 saturated heterocycles. The Kier molecular flexibility index (Phi) is 5.57. The molecule has 1 aromatic heterocycles. The number of H-pyrrole nitrogens is 1. The van der Waals surface area contributed by atoms with Gasteiger partial charge in [-0.1, -0.05) is 23.7 Å². The number of hydrogen-bond donors (Lipinski definition) is 1. The smallest absolute Gasteiger partial charge is 0.255 e. The molecule has 0 saturated carbocycles. The zero-order valence-corrected chi connectivity index (χ0v) is 13.9. The number of nitrogens with one attached hydrogen (secondary N) is 1. The molecule has 1 heterocycles. The number of aromatic amines is 1. The minimum Gasteiger partial charge on any atom is -0.348 e. The lowest BCUT2D eigenvalue weighted by Crippen LogP contribution is -2.36. The van der Waals surface area contributed by atoms with Crippen LogP contribution in [0.5, 0.6) is 0 Å². The maximum Gasteiger partial charge on any atom is 0.255 e. The summed E-state index contributed by atoms with van der Waals surface area (Å²) in [6.45, 7) is 3.81. The molecule has 6 heteroatoms. The Morgan fingerprint density at radius 1 is 1.27 bits per heavy atom. The third-order valence-corrected chi connectivity index (χ3v) is 3.81. The van der Waals surface area contributed by atoms with Crippen LogP contribution in [0.1, 0.15) is 21.7 Å². The molecule has 118 valence electrons. The fourth-order valence-corrected chi connectivity index (χ4v) is 2.32. The fourth-order valence-electron chi connectivity index (χ4n) is 2.11. The number of rotatable bonds is 6. The van der Waals surface area contributed by atoms with Gasteiger partial charge in [-0.15, -0.1) is 0 Å². The van der Waals surface area contributed by atoms with Gasteiger partial charge in [-0.2, -0.15) is 0 Å². The van der Waals surface area contributed by atoms with Crippen molar-refractivity contribution in [3.05, 3.63) is 52.6 Å². The first-order valence-corrected chi connectivity index (χ1v) is 7.54. The molecule has 5 nitrogen and oxygen atoms in total. The number of imidazole rings is 1. The van der Waals surface area contributed by atoms with Crippen molar-refractivity contribution in [3.8, 4) is 0 Å². The normalized spacial score (nSPS) is 11.0. The number of aromatic nitrogens is 2. The summed E-state index contributed by atoms with van der Waals surface area (Å²) < 4.78 is 0. The minimum atomic E-state index is -0.0742. The SMILES string of the molecule is Cc1[nH]cnc1CN(CCN(C)C)C(=O)c1ccccc1Cl. The van der Waals surface area contributed by atoms with E-state index >= 15 is 0 Å². The first kappa shape index (κ1) is 16.5. The van der Waals surface area contributed by atoms with Crippen LogP contribution in [-0.2, 0) is 6.54 Å². The Morgan fingerprint density at radius 2 is 2.00 bits per heavy atom. The number of hydrogen-bond acceptors (Lipinski definition) is 3. The third kappa shape index (κ3) is 4.08. The van der Waals surface area contributed by atoms with Crippen LogP contribution >= 0.6 is 11.6 Å².